The van der Waals surface area contributed by atoms with E-state index in [4.69, 9.17) is 4.84 Å². The van der Waals surface area contributed by atoms with Gasteiger partial charge in [0.05, 0.1) is 6.61 Å². The molecule has 0 fully saturated rings. The highest BCUT2D eigenvalue weighted by Crippen LogP contribution is 2.34. The van der Waals surface area contributed by atoms with Crippen molar-refractivity contribution in [3.05, 3.63) is 11.1 Å². The van der Waals surface area contributed by atoms with E-state index in [1.807, 2.05) is 12.4 Å². The van der Waals surface area contributed by atoms with Crippen LogP contribution in [0.4, 0.5) is 4.79 Å². The van der Waals surface area contributed by atoms with Crippen molar-refractivity contribution in [1.82, 2.24) is 5.48 Å². The zero-order valence-corrected chi connectivity index (χ0v) is 14.9. The Kier molecular flexibility index (Phi) is 9.54. The van der Waals surface area contributed by atoms with Crippen LogP contribution in [0, 0.1) is 5.41 Å². The van der Waals surface area contributed by atoms with Crippen LogP contribution in [0.15, 0.2) is 11.1 Å². The zero-order valence-electron chi connectivity index (χ0n) is 14.9. The third kappa shape index (κ3) is 7.48. The molecule has 1 N–H and O–H groups in total. The van der Waals surface area contributed by atoms with E-state index in [-0.39, 0.29) is 12.0 Å². The van der Waals surface area contributed by atoms with Gasteiger partial charge in [-0.25, -0.2) is 9.59 Å². The second-order valence-electron chi connectivity index (χ2n) is 6.16. The van der Waals surface area contributed by atoms with Crippen LogP contribution in [0.1, 0.15) is 73.6 Å². The molecular formula is C17H31NO4. The molecule has 0 heterocycles. The number of carbonyl (C=O) groups is 2. The van der Waals surface area contributed by atoms with Gasteiger partial charge in [-0.2, -0.15) is 0 Å². The number of hydrogen-bond acceptors (Lipinski definition) is 4. The highest BCUT2D eigenvalue weighted by molar-refractivity contribution is 5.89. The van der Waals surface area contributed by atoms with Gasteiger partial charge in [0.25, 0.3) is 0 Å². The average Bonchev–Trinajstić information content (AvgIpc) is 2.48. The Hall–Kier alpha value is -1.52. The lowest BCUT2D eigenvalue weighted by Crippen LogP contribution is -2.29. The number of amides is 1. The summed E-state index contributed by atoms with van der Waals surface area (Å²) in [5, 5.41) is 0. The molecule has 0 aliphatic rings. The molecule has 0 saturated heterocycles. The van der Waals surface area contributed by atoms with E-state index in [0.29, 0.717) is 5.57 Å². The summed E-state index contributed by atoms with van der Waals surface area (Å²) in [4.78, 5) is 27.8. The van der Waals surface area contributed by atoms with Crippen LogP contribution in [-0.4, -0.2) is 18.7 Å². The molecule has 5 heteroatoms. The van der Waals surface area contributed by atoms with Gasteiger partial charge >= 0.3 is 12.1 Å². The Morgan fingerprint density at radius 3 is 2.23 bits per heavy atom. The maximum absolute atomic E-state index is 12.0. The highest BCUT2D eigenvalue weighted by atomic mass is 16.7. The number of carbonyl (C=O) groups excluding carboxylic acids is 2. The number of allylic oxidation sites excluding steroid dienone is 1. The van der Waals surface area contributed by atoms with Gasteiger partial charge in [0.15, 0.2) is 0 Å². The van der Waals surface area contributed by atoms with Crippen molar-refractivity contribution in [2.75, 3.05) is 6.61 Å². The van der Waals surface area contributed by atoms with Crippen LogP contribution in [0.3, 0.4) is 0 Å². The summed E-state index contributed by atoms with van der Waals surface area (Å²) in [6.07, 6.45) is 5.06. The average molecular weight is 313 g/mol. The minimum Gasteiger partial charge on any atom is -0.448 e. The molecule has 0 aromatic rings. The zero-order chi connectivity index (χ0) is 17.2. The minimum absolute atomic E-state index is 0.0687. The van der Waals surface area contributed by atoms with Gasteiger partial charge in [0.2, 0.25) is 0 Å². The highest BCUT2D eigenvalue weighted by Gasteiger charge is 2.24. The van der Waals surface area contributed by atoms with Crippen LogP contribution in [-0.2, 0) is 14.4 Å². The van der Waals surface area contributed by atoms with E-state index in [0.717, 1.165) is 18.4 Å². The van der Waals surface area contributed by atoms with E-state index in [1.54, 1.807) is 13.8 Å². The molecule has 0 spiro atoms. The molecule has 5 nitrogen and oxygen atoms in total. The van der Waals surface area contributed by atoms with Crippen molar-refractivity contribution in [2.45, 2.75) is 73.6 Å². The van der Waals surface area contributed by atoms with Gasteiger partial charge in [-0.1, -0.05) is 52.0 Å². The molecule has 0 aliphatic carbocycles. The van der Waals surface area contributed by atoms with Gasteiger partial charge < -0.3 is 9.57 Å². The molecule has 0 atom stereocenters. The van der Waals surface area contributed by atoms with Crippen LogP contribution < -0.4 is 5.48 Å². The lowest BCUT2D eigenvalue weighted by atomic mass is 9.78. The largest absolute Gasteiger partial charge is 0.448 e. The van der Waals surface area contributed by atoms with E-state index in [1.165, 1.54) is 19.3 Å². The van der Waals surface area contributed by atoms with Gasteiger partial charge in [-0.3, -0.25) is 0 Å². The molecular weight excluding hydrogens is 282 g/mol. The standard InChI is InChI=1S/C17H31NO4/c1-7-9-10-11-12-17(5,6)14(4)13(3)15(19)22-18-16(20)21-8-2/h7-12H2,1-6H3,(H,18,20). The van der Waals surface area contributed by atoms with Crippen molar-refractivity contribution in [3.63, 3.8) is 0 Å². The Bertz CT molecular complexity index is 399. The third-order valence-electron chi connectivity index (χ3n) is 4.04. The molecule has 0 saturated carbocycles. The van der Waals surface area contributed by atoms with Crippen LogP contribution in [0.25, 0.3) is 0 Å². The van der Waals surface area contributed by atoms with Crippen LogP contribution in [0.2, 0.25) is 0 Å². The predicted molar refractivity (Wildman–Crippen MR) is 87.2 cm³/mol. The lowest BCUT2D eigenvalue weighted by Gasteiger charge is -2.27. The van der Waals surface area contributed by atoms with Crippen LogP contribution in [0.5, 0.6) is 0 Å². The Morgan fingerprint density at radius 1 is 1.05 bits per heavy atom. The number of unbranched alkanes of at least 4 members (excludes halogenated alkanes) is 3. The van der Waals surface area contributed by atoms with E-state index in [9.17, 15) is 9.59 Å². The van der Waals surface area contributed by atoms with Crippen LogP contribution >= 0.6 is 0 Å². The van der Waals surface area contributed by atoms with Crippen molar-refractivity contribution in [1.29, 1.82) is 0 Å². The Morgan fingerprint density at radius 2 is 1.68 bits per heavy atom. The minimum atomic E-state index is -0.764. The SMILES string of the molecule is CCCCCCC(C)(C)C(C)=C(C)C(=O)ONC(=O)OCC. The van der Waals surface area contributed by atoms with E-state index >= 15 is 0 Å². The summed E-state index contributed by atoms with van der Waals surface area (Å²) in [5.41, 5.74) is 3.43. The van der Waals surface area contributed by atoms with Crippen molar-refractivity contribution in [2.24, 2.45) is 5.41 Å². The van der Waals surface area contributed by atoms with Crippen molar-refractivity contribution < 1.29 is 19.2 Å². The fourth-order valence-corrected chi connectivity index (χ4v) is 2.17. The molecule has 0 rings (SSSR count). The normalized spacial score (nSPS) is 12.5. The summed E-state index contributed by atoms with van der Waals surface area (Å²) in [5.74, 6) is -0.549. The Balaban J connectivity index is 4.59. The number of hydroxylamine groups is 1. The van der Waals surface area contributed by atoms with E-state index < -0.39 is 12.1 Å². The maximum Gasteiger partial charge on any atom is 0.440 e. The number of hydrogen-bond donors (Lipinski definition) is 1. The summed E-state index contributed by atoms with van der Waals surface area (Å²) < 4.78 is 4.63. The fraction of sp³-hybridized carbons (Fsp3) is 0.765. The smallest absolute Gasteiger partial charge is 0.440 e. The van der Waals surface area contributed by atoms with Gasteiger partial charge in [0, 0.05) is 5.57 Å². The first-order chi connectivity index (χ1) is 10.3. The molecule has 1 amide bonds. The molecule has 0 bridgehead atoms. The van der Waals surface area contributed by atoms with Gasteiger partial charge in [0.1, 0.15) is 0 Å². The third-order valence-corrected chi connectivity index (χ3v) is 4.04. The molecule has 0 aliphatic heterocycles. The maximum atomic E-state index is 12.0. The first-order valence-electron chi connectivity index (χ1n) is 8.08. The predicted octanol–water partition coefficient (Wildman–Crippen LogP) is 4.52. The summed E-state index contributed by atoms with van der Waals surface area (Å²) in [6.45, 7) is 12.0. The monoisotopic (exact) mass is 313 g/mol. The van der Waals surface area contributed by atoms with Crippen molar-refractivity contribution >= 4 is 12.1 Å². The number of ether oxygens (including phenoxy) is 1. The van der Waals surface area contributed by atoms with E-state index in [2.05, 4.69) is 25.5 Å². The lowest BCUT2D eigenvalue weighted by molar-refractivity contribution is -0.145. The van der Waals surface area contributed by atoms with Crippen molar-refractivity contribution in [3.8, 4) is 0 Å². The second kappa shape index (κ2) is 10.2. The molecule has 0 aromatic heterocycles. The summed E-state index contributed by atoms with van der Waals surface area (Å²) in [6, 6.07) is 0. The van der Waals surface area contributed by atoms with Gasteiger partial charge in [-0.15, -0.1) is 5.48 Å². The molecule has 0 radical (unpaired) electrons. The first-order valence-corrected chi connectivity index (χ1v) is 8.08. The van der Waals surface area contributed by atoms with Gasteiger partial charge in [-0.05, 0) is 32.6 Å². The fourth-order valence-electron chi connectivity index (χ4n) is 2.17. The quantitative estimate of drug-likeness (QED) is 0.406. The number of rotatable bonds is 8. The Labute approximate surface area is 134 Å². The second-order valence-corrected chi connectivity index (χ2v) is 6.16. The summed E-state index contributed by atoms with van der Waals surface area (Å²) in [7, 11) is 0. The first kappa shape index (κ1) is 20.5. The number of nitrogens with one attached hydrogen (secondary N) is 1. The molecule has 22 heavy (non-hydrogen) atoms. The molecule has 128 valence electrons. The topological polar surface area (TPSA) is 64.6 Å². The molecule has 0 unspecified atom stereocenters. The molecule has 0 aromatic carbocycles. The summed E-state index contributed by atoms with van der Waals surface area (Å²) >= 11 is 0.